The molecule has 1 aliphatic heterocycles. The first kappa shape index (κ1) is 19.5. The van der Waals surface area contributed by atoms with Gasteiger partial charge in [0.1, 0.15) is 5.82 Å². The van der Waals surface area contributed by atoms with Crippen molar-refractivity contribution in [3.8, 4) is 0 Å². The van der Waals surface area contributed by atoms with Crippen molar-refractivity contribution < 1.29 is 14.3 Å². The molecule has 28 heavy (non-hydrogen) atoms. The third-order valence-corrected chi connectivity index (χ3v) is 7.17. The molecule has 2 aromatic carbocycles. The molecule has 0 spiro atoms. The van der Waals surface area contributed by atoms with E-state index in [4.69, 9.17) is 4.99 Å². The van der Waals surface area contributed by atoms with Crippen molar-refractivity contribution in [2.45, 2.75) is 31.3 Å². The number of amidine groups is 1. The number of carboxylic acid groups (broad SMARTS) is 1. The highest BCUT2D eigenvalue weighted by Gasteiger charge is 2.49. The highest BCUT2D eigenvalue weighted by atomic mass is 79.9. The van der Waals surface area contributed by atoms with Crippen LogP contribution in [0, 0.1) is 11.7 Å². The average Bonchev–Trinajstić information content (AvgIpc) is 3.12. The van der Waals surface area contributed by atoms with Crippen molar-refractivity contribution in [3.05, 3.63) is 69.9 Å². The van der Waals surface area contributed by atoms with Crippen molar-refractivity contribution in [3.63, 3.8) is 0 Å². The Kier molecular flexibility index (Phi) is 5.47. The molecular formula is C21H20BrFN2O2S. The Hall–Kier alpha value is -1.86. The zero-order valence-electron chi connectivity index (χ0n) is 15.1. The number of aliphatic imine (C=N–C) groups is 1. The second-order valence-electron chi connectivity index (χ2n) is 7.20. The van der Waals surface area contributed by atoms with Gasteiger partial charge in [-0.15, -0.1) is 0 Å². The first-order chi connectivity index (χ1) is 13.5. The van der Waals surface area contributed by atoms with Crippen molar-refractivity contribution in [1.82, 2.24) is 4.90 Å². The van der Waals surface area contributed by atoms with Gasteiger partial charge < -0.3 is 5.11 Å². The van der Waals surface area contributed by atoms with E-state index in [1.165, 1.54) is 22.7 Å². The van der Waals surface area contributed by atoms with Crippen LogP contribution in [0.3, 0.4) is 0 Å². The molecule has 0 bridgehead atoms. The maximum atomic E-state index is 14.8. The molecule has 0 aromatic heterocycles. The molecule has 146 valence electrons. The van der Waals surface area contributed by atoms with Crippen LogP contribution in [0.4, 0.5) is 9.18 Å². The lowest BCUT2D eigenvalue weighted by Crippen LogP contribution is -2.42. The molecule has 2 aromatic rings. The van der Waals surface area contributed by atoms with E-state index in [1.54, 1.807) is 12.1 Å². The minimum Gasteiger partial charge on any atom is -0.465 e. The average molecular weight is 463 g/mol. The summed E-state index contributed by atoms with van der Waals surface area (Å²) in [6.45, 7) is 0.226. The summed E-state index contributed by atoms with van der Waals surface area (Å²) in [7, 11) is 0. The monoisotopic (exact) mass is 462 g/mol. The fraction of sp³-hybridized carbons (Fsp3) is 0.333. The first-order valence-electron chi connectivity index (χ1n) is 9.22. The summed E-state index contributed by atoms with van der Waals surface area (Å²) in [5.41, 5.74) is 0.760. The number of carbonyl (C=O) groups is 1. The summed E-state index contributed by atoms with van der Waals surface area (Å²) in [6.07, 6.45) is 1.62. The molecule has 2 aliphatic rings. The number of fused-ring (bicyclic) bond motifs is 1. The van der Waals surface area contributed by atoms with Crippen molar-refractivity contribution in [1.29, 1.82) is 0 Å². The van der Waals surface area contributed by atoms with Crippen molar-refractivity contribution in [2.75, 3.05) is 5.75 Å². The fourth-order valence-corrected chi connectivity index (χ4v) is 5.85. The van der Waals surface area contributed by atoms with Crippen LogP contribution in [-0.2, 0) is 12.1 Å². The Labute approximate surface area is 176 Å². The molecule has 1 amide bonds. The maximum Gasteiger partial charge on any atom is 0.413 e. The summed E-state index contributed by atoms with van der Waals surface area (Å²) in [4.78, 5) is 18.2. The highest BCUT2D eigenvalue weighted by molar-refractivity contribution is 9.10. The van der Waals surface area contributed by atoms with Gasteiger partial charge >= 0.3 is 6.09 Å². The molecule has 1 heterocycles. The summed E-state index contributed by atoms with van der Waals surface area (Å²) < 4.78 is 15.6. The molecule has 2 atom stereocenters. The smallest absolute Gasteiger partial charge is 0.413 e. The first-order valence-corrected chi connectivity index (χ1v) is 11.0. The Morgan fingerprint density at radius 2 is 2.11 bits per heavy atom. The van der Waals surface area contributed by atoms with Crippen LogP contribution in [0.15, 0.2) is 58.0 Å². The van der Waals surface area contributed by atoms with E-state index in [-0.39, 0.29) is 18.3 Å². The van der Waals surface area contributed by atoms with Crippen LogP contribution < -0.4 is 0 Å². The van der Waals surface area contributed by atoms with E-state index < -0.39 is 11.6 Å². The van der Waals surface area contributed by atoms with E-state index in [0.29, 0.717) is 10.7 Å². The largest absolute Gasteiger partial charge is 0.465 e. The number of benzene rings is 2. The van der Waals surface area contributed by atoms with E-state index in [2.05, 4.69) is 15.9 Å². The van der Waals surface area contributed by atoms with E-state index in [9.17, 15) is 14.3 Å². The molecule has 1 fully saturated rings. The summed E-state index contributed by atoms with van der Waals surface area (Å²) in [6, 6.07) is 14.4. The molecule has 4 rings (SSSR count). The number of nitrogens with zero attached hydrogens (tertiary/aromatic N) is 2. The quantitative estimate of drug-likeness (QED) is 0.620. The second-order valence-corrected chi connectivity index (χ2v) is 9.10. The summed E-state index contributed by atoms with van der Waals surface area (Å²) >= 11 is 4.90. The number of hydrogen-bond donors (Lipinski definition) is 1. The topological polar surface area (TPSA) is 52.9 Å². The van der Waals surface area contributed by atoms with Gasteiger partial charge in [0, 0.05) is 15.8 Å². The molecule has 0 saturated heterocycles. The lowest BCUT2D eigenvalue weighted by molar-refractivity contribution is 0.167. The molecule has 0 radical (unpaired) electrons. The molecule has 1 saturated carbocycles. The minimum absolute atomic E-state index is 0.206. The van der Waals surface area contributed by atoms with Gasteiger partial charge in [-0.05, 0) is 42.5 Å². The standard InChI is InChI=1S/C21H20BrFN2O2S/c22-16-8-9-18(23)17(11-16)21-10-4-7-15(21)13-28-19(24-21)25(20(26)27)12-14-5-2-1-3-6-14/h1-3,5-6,8-9,11,15H,4,7,10,12-13H2,(H,26,27). The summed E-state index contributed by atoms with van der Waals surface area (Å²) in [5.74, 6) is 0.663. The molecule has 2 unspecified atom stereocenters. The van der Waals surface area contributed by atoms with Gasteiger partial charge in [0.05, 0.1) is 12.1 Å². The van der Waals surface area contributed by atoms with E-state index in [0.717, 1.165) is 35.1 Å². The Bertz CT molecular complexity index is 924. The lowest BCUT2D eigenvalue weighted by Gasteiger charge is -2.38. The zero-order valence-corrected chi connectivity index (χ0v) is 17.5. The van der Waals surface area contributed by atoms with Gasteiger partial charge in [0.25, 0.3) is 0 Å². The summed E-state index contributed by atoms with van der Waals surface area (Å²) in [5, 5.41) is 10.3. The zero-order chi connectivity index (χ0) is 19.7. The number of hydrogen-bond acceptors (Lipinski definition) is 3. The van der Waals surface area contributed by atoms with Crippen LogP contribution in [0.2, 0.25) is 0 Å². The molecule has 7 heteroatoms. The molecular weight excluding hydrogens is 443 g/mol. The fourth-order valence-electron chi connectivity index (χ4n) is 4.17. The van der Waals surface area contributed by atoms with Gasteiger partial charge in [-0.1, -0.05) is 64.4 Å². The van der Waals surface area contributed by atoms with Crippen molar-refractivity contribution >= 4 is 39.0 Å². The van der Waals surface area contributed by atoms with Crippen LogP contribution in [0.1, 0.15) is 30.4 Å². The third kappa shape index (κ3) is 3.57. The Morgan fingerprint density at radius 3 is 2.86 bits per heavy atom. The van der Waals surface area contributed by atoms with Crippen molar-refractivity contribution in [2.24, 2.45) is 10.9 Å². The number of thioether (sulfide) groups is 1. The number of halogens is 2. The SMILES string of the molecule is O=C(O)N(Cc1ccccc1)C1=NC2(c3cc(Br)ccc3F)CCCC2CS1. The van der Waals surface area contributed by atoms with Crippen LogP contribution in [-0.4, -0.2) is 27.0 Å². The maximum absolute atomic E-state index is 14.8. The predicted molar refractivity (Wildman–Crippen MR) is 113 cm³/mol. The van der Waals surface area contributed by atoms with Crippen LogP contribution in [0.5, 0.6) is 0 Å². The van der Waals surface area contributed by atoms with Gasteiger partial charge in [0.15, 0.2) is 5.17 Å². The predicted octanol–water partition coefficient (Wildman–Crippen LogP) is 5.87. The minimum atomic E-state index is -1.04. The van der Waals surface area contributed by atoms with Crippen LogP contribution in [0.25, 0.3) is 0 Å². The highest BCUT2D eigenvalue weighted by Crippen LogP contribution is 2.52. The van der Waals surface area contributed by atoms with E-state index in [1.807, 2.05) is 30.3 Å². The van der Waals surface area contributed by atoms with Gasteiger partial charge in [-0.25, -0.2) is 9.18 Å². The second kappa shape index (κ2) is 7.87. The van der Waals surface area contributed by atoms with E-state index >= 15 is 0 Å². The van der Waals surface area contributed by atoms with Crippen LogP contribution >= 0.6 is 27.7 Å². The number of amides is 1. The molecule has 1 aliphatic carbocycles. The number of rotatable bonds is 3. The Balaban J connectivity index is 1.76. The molecule has 4 nitrogen and oxygen atoms in total. The third-order valence-electron chi connectivity index (χ3n) is 5.53. The van der Waals surface area contributed by atoms with Gasteiger partial charge in [-0.3, -0.25) is 9.89 Å². The van der Waals surface area contributed by atoms with Gasteiger partial charge in [-0.2, -0.15) is 0 Å². The lowest BCUT2D eigenvalue weighted by atomic mass is 9.81. The Morgan fingerprint density at radius 1 is 1.32 bits per heavy atom. The normalized spacial score (nSPS) is 23.8. The van der Waals surface area contributed by atoms with Gasteiger partial charge in [0.2, 0.25) is 0 Å². The molecule has 1 N–H and O–H groups in total.